The number of rotatable bonds is 4. The van der Waals surface area contributed by atoms with E-state index in [1.54, 1.807) is 36.8 Å². The second-order valence-corrected chi connectivity index (χ2v) is 5.78. The maximum atomic E-state index is 12.0. The molecule has 2 heterocycles. The largest absolute Gasteiger partial charge is 0.612 e. The summed E-state index contributed by atoms with van der Waals surface area (Å²) >= 11 is -1.23. The molecular formula is C14H11N5O2S. The normalized spacial score (nSPS) is 12.0. The van der Waals surface area contributed by atoms with E-state index in [0.29, 0.717) is 27.5 Å². The summed E-state index contributed by atoms with van der Waals surface area (Å²) in [4.78, 5) is 8.14. The van der Waals surface area contributed by atoms with Crippen molar-refractivity contribution < 1.29 is 9.29 Å². The van der Waals surface area contributed by atoms with Gasteiger partial charge in [0.1, 0.15) is 29.4 Å². The fourth-order valence-electron chi connectivity index (χ4n) is 2.05. The molecule has 2 aromatic heterocycles. The number of aromatic amines is 1. The molecule has 1 unspecified atom stereocenters. The van der Waals surface area contributed by atoms with Gasteiger partial charge in [-0.25, -0.2) is 4.98 Å². The molecule has 3 rings (SSSR count). The number of nitrogens with one attached hydrogen (secondary N) is 1. The lowest BCUT2D eigenvalue weighted by Crippen LogP contribution is -2.02. The molecular weight excluding hydrogens is 302 g/mol. The first-order valence-electron chi connectivity index (χ1n) is 6.33. The fourth-order valence-corrected chi connectivity index (χ4v) is 2.80. The van der Waals surface area contributed by atoms with Crippen molar-refractivity contribution in [2.45, 2.75) is 4.90 Å². The number of fused-ring (bicyclic) bond motifs is 1. The molecule has 0 amide bonds. The minimum absolute atomic E-state index is 0.0584. The molecule has 22 heavy (non-hydrogen) atoms. The Bertz CT molecular complexity index is 823. The van der Waals surface area contributed by atoms with Crippen LogP contribution in [0.2, 0.25) is 0 Å². The van der Waals surface area contributed by atoms with Crippen LogP contribution in [0.3, 0.4) is 0 Å². The highest BCUT2D eigenvalue weighted by molar-refractivity contribution is 7.90. The lowest BCUT2D eigenvalue weighted by atomic mass is 10.2. The summed E-state index contributed by atoms with van der Waals surface area (Å²) in [5.41, 5.74) is 2.15. The smallest absolute Gasteiger partial charge is 0.174 e. The third-order valence-electron chi connectivity index (χ3n) is 3.02. The predicted octanol–water partition coefficient (Wildman–Crippen LogP) is 1.66. The molecule has 7 nitrogen and oxygen atoms in total. The summed E-state index contributed by atoms with van der Waals surface area (Å²) in [5, 5.41) is 16.1. The van der Waals surface area contributed by atoms with E-state index >= 15 is 0 Å². The van der Waals surface area contributed by atoms with Crippen molar-refractivity contribution in [2.24, 2.45) is 0 Å². The third kappa shape index (κ3) is 2.72. The highest BCUT2D eigenvalue weighted by Crippen LogP contribution is 2.30. The second kappa shape index (κ2) is 6.01. The van der Waals surface area contributed by atoms with Crippen LogP contribution in [-0.2, 0) is 11.2 Å². The van der Waals surface area contributed by atoms with Crippen LogP contribution in [-0.4, -0.2) is 37.6 Å². The maximum Gasteiger partial charge on any atom is 0.174 e. The van der Waals surface area contributed by atoms with Crippen molar-refractivity contribution in [3.05, 3.63) is 30.6 Å². The van der Waals surface area contributed by atoms with Gasteiger partial charge in [-0.15, -0.1) is 0 Å². The van der Waals surface area contributed by atoms with Gasteiger partial charge in [0.05, 0.1) is 23.5 Å². The maximum absolute atomic E-state index is 12.0. The van der Waals surface area contributed by atoms with E-state index in [4.69, 9.17) is 10.00 Å². The highest BCUT2D eigenvalue weighted by Gasteiger charge is 2.18. The van der Waals surface area contributed by atoms with E-state index in [1.165, 1.54) is 0 Å². The number of nitrogens with zero attached hydrogens (tertiary/aromatic N) is 4. The summed E-state index contributed by atoms with van der Waals surface area (Å²) in [7, 11) is 0. The molecule has 0 fully saturated rings. The van der Waals surface area contributed by atoms with Crippen LogP contribution in [0.15, 0.2) is 35.5 Å². The quantitative estimate of drug-likeness (QED) is 0.733. The van der Waals surface area contributed by atoms with E-state index in [9.17, 15) is 4.55 Å². The van der Waals surface area contributed by atoms with Gasteiger partial charge in [-0.05, 0) is 23.3 Å². The molecule has 0 aliphatic rings. The zero-order chi connectivity index (χ0) is 15.5. The van der Waals surface area contributed by atoms with Crippen LogP contribution in [0.25, 0.3) is 22.4 Å². The Morgan fingerprint density at radius 3 is 2.91 bits per heavy atom. The Labute approximate surface area is 129 Å². The Balaban J connectivity index is 2.07. The van der Waals surface area contributed by atoms with Crippen LogP contribution in [0.1, 0.15) is 0 Å². The van der Waals surface area contributed by atoms with Crippen LogP contribution < -0.4 is 4.74 Å². The van der Waals surface area contributed by atoms with Crippen LogP contribution >= 0.6 is 0 Å². The first kappa shape index (κ1) is 14.3. The second-order valence-electron chi connectivity index (χ2n) is 4.43. The Kier molecular flexibility index (Phi) is 3.91. The molecule has 1 aromatic carbocycles. The number of ether oxygens (including phenoxy) is 1. The number of benzene rings is 1. The van der Waals surface area contributed by atoms with E-state index in [1.807, 2.05) is 6.07 Å². The molecule has 3 aromatic rings. The molecule has 1 N–H and O–H groups in total. The van der Waals surface area contributed by atoms with Gasteiger partial charge in [-0.3, -0.25) is 0 Å². The van der Waals surface area contributed by atoms with Gasteiger partial charge in [0.2, 0.25) is 0 Å². The number of H-pyrrole nitrogens is 1. The summed E-state index contributed by atoms with van der Waals surface area (Å²) in [6.07, 6.45) is 4.72. The lowest BCUT2D eigenvalue weighted by Gasteiger charge is -2.10. The molecule has 0 spiro atoms. The van der Waals surface area contributed by atoms with Gasteiger partial charge in [0.25, 0.3) is 0 Å². The van der Waals surface area contributed by atoms with Crippen LogP contribution in [0, 0.1) is 11.3 Å². The van der Waals surface area contributed by atoms with Crippen molar-refractivity contribution in [1.82, 2.24) is 20.2 Å². The zero-order valence-electron chi connectivity index (χ0n) is 11.6. The van der Waals surface area contributed by atoms with Gasteiger partial charge < -0.3 is 14.3 Å². The van der Waals surface area contributed by atoms with E-state index < -0.39 is 11.2 Å². The molecule has 8 heteroatoms. The molecule has 0 saturated carbocycles. The molecule has 110 valence electrons. The number of hydrogen-bond acceptors (Lipinski definition) is 6. The van der Waals surface area contributed by atoms with E-state index in [-0.39, 0.29) is 6.61 Å². The average Bonchev–Trinajstić information content (AvgIpc) is 2.96. The van der Waals surface area contributed by atoms with Gasteiger partial charge in [-0.2, -0.15) is 15.5 Å². The SMILES string of the molecule is C[S+]([O-])c1cc(OCC#N)ccc1-c1nc2cnncc2[nH]1. The highest BCUT2D eigenvalue weighted by atomic mass is 32.2. The first-order chi connectivity index (χ1) is 10.7. The fraction of sp³-hybridized carbons (Fsp3) is 0.143. The van der Waals surface area contributed by atoms with Gasteiger partial charge >= 0.3 is 0 Å². The lowest BCUT2D eigenvalue weighted by molar-refractivity contribution is 0.367. The van der Waals surface area contributed by atoms with Gasteiger partial charge in [0.15, 0.2) is 11.5 Å². The van der Waals surface area contributed by atoms with Crippen molar-refractivity contribution >= 4 is 22.2 Å². The van der Waals surface area contributed by atoms with Crippen LogP contribution in [0.5, 0.6) is 5.75 Å². The topological polar surface area (TPSA) is 111 Å². The summed E-state index contributed by atoms with van der Waals surface area (Å²) in [6, 6.07) is 7.04. The molecule has 0 saturated heterocycles. The van der Waals surface area contributed by atoms with Crippen molar-refractivity contribution in [3.8, 4) is 23.2 Å². The minimum Gasteiger partial charge on any atom is -0.612 e. The number of imidazole rings is 1. The van der Waals surface area contributed by atoms with Crippen LogP contribution in [0.4, 0.5) is 0 Å². The molecule has 0 bridgehead atoms. The number of nitriles is 1. The Morgan fingerprint density at radius 1 is 1.36 bits per heavy atom. The zero-order valence-corrected chi connectivity index (χ0v) is 12.4. The molecule has 0 radical (unpaired) electrons. The van der Waals surface area contributed by atoms with Gasteiger partial charge in [0, 0.05) is 6.07 Å². The summed E-state index contributed by atoms with van der Waals surface area (Å²) < 4.78 is 17.3. The molecule has 0 aliphatic carbocycles. The minimum atomic E-state index is -1.23. The number of hydrogen-bond donors (Lipinski definition) is 1. The van der Waals surface area contributed by atoms with Gasteiger partial charge in [-0.1, -0.05) is 0 Å². The first-order valence-corrected chi connectivity index (χ1v) is 7.89. The standard InChI is InChI=1S/C14H11N5O2S/c1-22(20)13-6-9(21-5-4-15)2-3-10(13)14-18-11-7-16-17-8-12(11)19-14/h2-3,6-8H,5H2,1H3,(H,18,19). The molecule has 1 atom stereocenters. The Morgan fingerprint density at radius 2 is 2.18 bits per heavy atom. The monoisotopic (exact) mass is 313 g/mol. The van der Waals surface area contributed by atoms with Crippen molar-refractivity contribution in [2.75, 3.05) is 12.9 Å². The Hall–Kier alpha value is -2.63. The predicted molar refractivity (Wildman–Crippen MR) is 80.6 cm³/mol. The third-order valence-corrected chi connectivity index (χ3v) is 3.97. The van der Waals surface area contributed by atoms with Crippen molar-refractivity contribution in [1.29, 1.82) is 5.26 Å². The number of aromatic nitrogens is 4. The van der Waals surface area contributed by atoms with E-state index in [2.05, 4.69) is 20.2 Å². The molecule has 0 aliphatic heterocycles. The van der Waals surface area contributed by atoms with E-state index in [0.717, 1.165) is 5.52 Å². The summed E-state index contributed by atoms with van der Waals surface area (Å²) in [6.45, 7) is -0.0584. The summed E-state index contributed by atoms with van der Waals surface area (Å²) in [5.74, 6) is 1.08. The van der Waals surface area contributed by atoms with Crippen molar-refractivity contribution in [3.63, 3.8) is 0 Å². The average molecular weight is 313 g/mol.